The average molecular weight is 368 g/mol. The van der Waals surface area contributed by atoms with Gasteiger partial charge in [-0.2, -0.15) is 0 Å². The molecule has 0 bridgehead atoms. The highest BCUT2D eigenvalue weighted by atomic mass is 79.9. The molecule has 0 aliphatic heterocycles. The summed E-state index contributed by atoms with van der Waals surface area (Å²) >= 11 is 3.28. The summed E-state index contributed by atoms with van der Waals surface area (Å²) in [4.78, 5) is 0. The third-order valence-electron chi connectivity index (χ3n) is 3.08. The van der Waals surface area contributed by atoms with Crippen LogP contribution >= 0.6 is 15.9 Å². The molecule has 1 atom stereocenters. The van der Waals surface area contributed by atoms with E-state index in [0.717, 1.165) is 11.1 Å². The van der Waals surface area contributed by atoms with Crippen molar-refractivity contribution >= 4 is 25.8 Å². The number of sulfone groups is 1. The van der Waals surface area contributed by atoms with Crippen molar-refractivity contribution in [3.63, 3.8) is 0 Å². The molecule has 5 heteroatoms. The third-order valence-corrected chi connectivity index (χ3v) is 6.79. The highest BCUT2D eigenvalue weighted by Gasteiger charge is 2.22. The molecule has 2 aromatic carbocycles. The smallest absolute Gasteiger partial charge is 0.168 e. The zero-order chi connectivity index (χ0) is 15.1. The van der Waals surface area contributed by atoms with E-state index in [1.165, 1.54) is 0 Å². The maximum atomic E-state index is 12.3. The predicted molar refractivity (Wildman–Crippen MR) is 89.9 cm³/mol. The van der Waals surface area contributed by atoms with E-state index < -0.39 is 14.0 Å². The zero-order valence-electron chi connectivity index (χ0n) is 11.6. The van der Waals surface area contributed by atoms with Crippen molar-refractivity contribution in [2.75, 3.05) is 6.54 Å². The van der Waals surface area contributed by atoms with Crippen molar-refractivity contribution < 1.29 is 8.42 Å². The summed E-state index contributed by atoms with van der Waals surface area (Å²) < 4.78 is 23.9. The zero-order valence-corrected chi connectivity index (χ0v) is 14.0. The Hall–Kier alpha value is -1.17. The van der Waals surface area contributed by atoms with Crippen LogP contribution in [-0.2, 0) is 22.1 Å². The molecule has 21 heavy (non-hydrogen) atoms. The molecule has 2 rings (SSSR count). The van der Waals surface area contributed by atoms with Crippen molar-refractivity contribution in [1.29, 1.82) is 0 Å². The van der Waals surface area contributed by atoms with Gasteiger partial charge in [-0.3, -0.25) is 0 Å². The molecule has 1 unspecified atom stereocenters. The minimum absolute atomic E-state index is 0.0524. The monoisotopic (exact) mass is 367 g/mol. The summed E-state index contributed by atoms with van der Waals surface area (Å²) in [7, 11) is -3.21. The standard InChI is InChI=1S/C16H18BrNO2S/c17-16(12-18-11-14-7-3-1-4-8-14)21(19,20)13-15-9-5-2-6-10-15/h1-10,16,18H,11-13H2. The molecule has 0 aliphatic carbocycles. The Balaban J connectivity index is 1.86. The van der Waals surface area contributed by atoms with Crippen LogP contribution in [0.2, 0.25) is 0 Å². The van der Waals surface area contributed by atoms with Crippen LogP contribution in [0.1, 0.15) is 11.1 Å². The van der Waals surface area contributed by atoms with E-state index in [0.29, 0.717) is 13.1 Å². The number of rotatable bonds is 7. The van der Waals surface area contributed by atoms with Gasteiger partial charge in [0.25, 0.3) is 0 Å². The lowest BCUT2D eigenvalue weighted by molar-refractivity contribution is 0.586. The SMILES string of the molecule is O=S(=O)(Cc1ccccc1)C(Br)CNCc1ccccc1. The van der Waals surface area contributed by atoms with Crippen LogP contribution < -0.4 is 5.32 Å². The summed E-state index contributed by atoms with van der Waals surface area (Å²) in [5, 5.41) is 3.17. The van der Waals surface area contributed by atoms with Crippen molar-refractivity contribution in [3.8, 4) is 0 Å². The van der Waals surface area contributed by atoms with Crippen LogP contribution in [0.4, 0.5) is 0 Å². The lowest BCUT2D eigenvalue weighted by Gasteiger charge is -2.12. The predicted octanol–water partition coefficient (Wildman–Crippen LogP) is 3.11. The molecule has 0 aromatic heterocycles. The van der Waals surface area contributed by atoms with Crippen LogP contribution in [0.25, 0.3) is 0 Å². The third kappa shape index (κ3) is 5.26. The van der Waals surface area contributed by atoms with Crippen molar-refractivity contribution in [3.05, 3.63) is 71.8 Å². The highest BCUT2D eigenvalue weighted by molar-refractivity contribution is 9.11. The Bertz CT molecular complexity index is 644. The number of nitrogens with one attached hydrogen (secondary N) is 1. The van der Waals surface area contributed by atoms with Crippen LogP contribution in [0, 0.1) is 0 Å². The van der Waals surface area contributed by atoms with Gasteiger partial charge < -0.3 is 5.32 Å². The first-order valence-corrected chi connectivity index (χ1v) is 9.35. The minimum Gasteiger partial charge on any atom is -0.311 e. The van der Waals surface area contributed by atoms with Gasteiger partial charge in [-0.25, -0.2) is 8.42 Å². The molecule has 0 heterocycles. The summed E-state index contributed by atoms with van der Waals surface area (Å²) in [6, 6.07) is 19.1. The van der Waals surface area contributed by atoms with E-state index >= 15 is 0 Å². The second-order valence-corrected chi connectivity index (χ2v) is 8.71. The van der Waals surface area contributed by atoms with Gasteiger partial charge in [0.2, 0.25) is 0 Å². The summed E-state index contributed by atoms with van der Waals surface area (Å²) in [6.45, 7) is 1.04. The molecule has 0 spiro atoms. The van der Waals surface area contributed by atoms with E-state index in [1.807, 2.05) is 60.7 Å². The van der Waals surface area contributed by atoms with Gasteiger partial charge >= 0.3 is 0 Å². The van der Waals surface area contributed by atoms with Crippen molar-refractivity contribution in [2.24, 2.45) is 0 Å². The topological polar surface area (TPSA) is 46.2 Å². The van der Waals surface area contributed by atoms with Crippen LogP contribution in [-0.4, -0.2) is 19.1 Å². The highest BCUT2D eigenvalue weighted by Crippen LogP contribution is 2.15. The van der Waals surface area contributed by atoms with Gasteiger partial charge in [-0.05, 0) is 11.1 Å². The fraction of sp³-hybridized carbons (Fsp3) is 0.250. The van der Waals surface area contributed by atoms with Crippen LogP contribution in [0.5, 0.6) is 0 Å². The molecule has 2 aromatic rings. The Morgan fingerprint density at radius 3 is 2.00 bits per heavy atom. The Kier molecular flexibility index (Phi) is 5.96. The molecule has 112 valence electrons. The number of halogens is 1. The summed E-state index contributed by atoms with van der Waals surface area (Å²) in [6.07, 6.45) is 0. The van der Waals surface area contributed by atoms with Gasteiger partial charge in [0.15, 0.2) is 9.84 Å². The van der Waals surface area contributed by atoms with E-state index in [9.17, 15) is 8.42 Å². The minimum atomic E-state index is -3.21. The van der Waals surface area contributed by atoms with Crippen molar-refractivity contribution in [1.82, 2.24) is 5.32 Å². The Morgan fingerprint density at radius 1 is 0.905 bits per heavy atom. The van der Waals surface area contributed by atoms with E-state index in [1.54, 1.807) is 0 Å². The Labute approximate surface area is 134 Å². The van der Waals surface area contributed by atoms with Gasteiger partial charge in [0.1, 0.15) is 4.16 Å². The molecule has 0 fully saturated rings. The van der Waals surface area contributed by atoms with Gasteiger partial charge in [-0.1, -0.05) is 76.6 Å². The number of hydrogen-bond donors (Lipinski definition) is 1. The van der Waals surface area contributed by atoms with Gasteiger partial charge in [-0.15, -0.1) is 0 Å². The number of benzene rings is 2. The second-order valence-electron chi connectivity index (χ2n) is 4.82. The van der Waals surface area contributed by atoms with Crippen molar-refractivity contribution in [2.45, 2.75) is 16.5 Å². The molecule has 0 saturated heterocycles. The quantitative estimate of drug-likeness (QED) is 0.764. The molecular formula is C16H18BrNO2S. The van der Waals surface area contributed by atoms with Crippen LogP contribution in [0.15, 0.2) is 60.7 Å². The largest absolute Gasteiger partial charge is 0.311 e. The fourth-order valence-electron chi connectivity index (χ4n) is 1.95. The molecule has 0 aliphatic rings. The first kappa shape index (κ1) is 16.2. The molecular weight excluding hydrogens is 350 g/mol. The fourth-order valence-corrected chi connectivity index (χ4v) is 3.78. The maximum absolute atomic E-state index is 12.3. The lowest BCUT2D eigenvalue weighted by atomic mass is 10.2. The molecule has 0 amide bonds. The average Bonchev–Trinajstić information content (AvgIpc) is 2.49. The Morgan fingerprint density at radius 2 is 1.43 bits per heavy atom. The van der Waals surface area contributed by atoms with E-state index in [-0.39, 0.29) is 5.75 Å². The first-order valence-electron chi connectivity index (χ1n) is 6.72. The molecule has 0 saturated carbocycles. The van der Waals surface area contributed by atoms with Gasteiger partial charge in [0, 0.05) is 13.1 Å². The number of alkyl halides is 1. The molecule has 0 radical (unpaired) electrons. The van der Waals surface area contributed by atoms with E-state index in [4.69, 9.17) is 0 Å². The lowest BCUT2D eigenvalue weighted by Crippen LogP contribution is -2.29. The number of hydrogen-bond acceptors (Lipinski definition) is 3. The molecule has 3 nitrogen and oxygen atoms in total. The van der Waals surface area contributed by atoms with Gasteiger partial charge in [0.05, 0.1) is 5.75 Å². The first-order chi connectivity index (χ1) is 10.1. The normalized spacial score (nSPS) is 13.0. The van der Waals surface area contributed by atoms with Crippen LogP contribution in [0.3, 0.4) is 0 Å². The summed E-state index contributed by atoms with van der Waals surface area (Å²) in [5.41, 5.74) is 1.95. The molecule has 1 N–H and O–H groups in total. The second kappa shape index (κ2) is 7.73. The maximum Gasteiger partial charge on any atom is 0.168 e. The summed E-state index contributed by atoms with van der Waals surface area (Å²) in [5.74, 6) is 0.0524. The van der Waals surface area contributed by atoms with E-state index in [2.05, 4.69) is 21.2 Å².